The van der Waals surface area contributed by atoms with E-state index in [2.05, 4.69) is 40.0 Å². The largest absolute Gasteiger partial charge is 0.365 e. The molecule has 26 heavy (non-hydrogen) atoms. The normalized spacial score (nSPS) is 24.1. The van der Waals surface area contributed by atoms with Gasteiger partial charge in [-0.2, -0.15) is 0 Å². The predicted molar refractivity (Wildman–Crippen MR) is 103 cm³/mol. The van der Waals surface area contributed by atoms with Crippen LogP contribution in [0.4, 0.5) is 5.82 Å². The summed E-state index contributed by atoms with van der Waals surface area (Å²) < 4.78 is 0. The van der Waals surface area contributed by atoms with Crippen LogP contribution in [0.1, 0.15) is 56.9 Å². The third-order valence-corrected chi connectivity index (χ3v) is 5.98. The molecule has 0 bridgehead atoms. The molecule has 2 aromatic heterocycles. The summed E-state index contributed by atoms with van der Waals surface area (Å²) in [6.07, 6.45) is 12.2. The van der Waals surface area contributed by atoms with Crippen molar-refractivity contribution in [3.8, 4) is 0 Å². The molecule has 0 unspecified atom stereocenters. The molecule has 6 nitrogen and oxygen atoms in total. The van der Waals surface area contributed by atoms with Crippen molar-refractivity contribution in [1.82, 2.24) is 19.9 Å². The number of amides is 1. The fourth-order valence-electron chi connectivity index (χ4n) is 4.50. The maximum atomic E-state index is 12.1. The van der Waals surface area contributed by atoms with E-state index < -0.39 is 0 Å². The summed E-state index contributed by atoms with van der Waals surface area (Å²) in [6.45, 7) is 6.42. The summed E-state index contributed by atoms with van der Waals surface area (Å²) in [6, 6.07) is 0.449. The smallest absolute Gasteiger partial charge is 0.246 e. The molecule has 6 heteroatoms. The van der Waals surface area contributed by atoms with Gasteiger partial charge in [-0.3, -0.25) is 4.79 Å². The Morgan fingerprint density at radius 1 is 1.31 bits per heavy atom. The minimum Gasteiger partial charge on any atom is -0.365 e. The average Bonchev–Trinajstić information content (AvgIpc) is 3.32. The van der Waals surface area contributed by atoms with E-state index in [-0.39, 0.29) is 18.0 Å². The van der Waals surface area contributed by atoms with E-state index in [1.54, 1.807) is 6.33 Å². The lowest BCUT2D eigenvalue weighted by atomic mass is 9.97. The van der Waals surface area contributed by atoms with Crippen LogP contribution >= 0.6 is 0 Å². The molecule has 138 valence electrons. The first-order valence-electron chi connectivity index (χ1n) is 9.69. The third kappa shape index (κ3) is 3.08. The van der Waals surface area contributed by atoms with Gasteiger partial charge < -0.3 is 15.2 Å². The number of anilines is 1. The highest BCUT2D eigenvalue weighted by molar-refractivity contribution is 5.91. The number of fused-ring (bicyclic) bond motifs is 1. The molecule has 4 rings (SSSR count). The molecule has 2 aliphatic rings. The van der Waals surface area contributed by atoms with Gasteiger partial charge in [-0.05, 0) is 50.2 Å². The molecule has 0 spiro atoms. The van der Waals surface area contributed by atoms with Gasteiger partial charge in [-0.1, -0.05) is 19.4 Å². The number of H-pyrrole nitrogens is 1. The van der Waals surface area contributed by atoms with Crippen LogP contribution in [0.5, 0.6) is 0 Å². The number of nitrogens with zero attached hydrogens (tertiary/aromatic N) is 3. The molecular weight excluding hydrogens is 326 g/mol. The van der Waals surface area contributed by atoms with Crippen molar-refractivity contribution < 1.29 is 4.79 Å². The Kier molecular flexibility index (Phi) is 4.66. The Hall–Kier alpha value is -2.37. The fraction of sp³-hybridized carbons (Fsp3) is 0.550. The van der Waals surface area contributed by atoms with E-state index >= 15 is 0 Å². The zero-order valence-corrected chi connectivity index (χ0v) is 15.4. The Bertz CT molecular complexity index is 808. The van der Waals surface area contributed by atoms with Crippen molar-refractivity contribution in [2.24, 2.45) is 0 Å². The van der Waals surface area contributed by atoms with Gasteiger partial charge in [0.1, 0.15) is 17.8 Å². The molecule has 1 amide bonds. The number of hydrogen-bond acceptors (Lipinski definition) is 4. The van der Waals surface area contributed by atoms with Crippen LogP contribution in [0.15, 0.2) is 25.2 Å². The molecule has 1 saturated carbocycles. The van der Waals surface area contributed by atoms with Crippen LogP contribution in [0.2, 0.25) is 0 Å². The van der Waals surface area contributed by atoms with E-state index in [9.17, 15) is 4.79 Å². The Morgan fingerprint density at radius 3 is 2.88 bits per heavy atom. The van der Waals surface area contributed by atoms with Gasteiger partial charge in [0.05, 0.1) is 5.39 Å². The number of nitrogens with one attached hydrogen (secondary N) is 2. The van der Waals surface area contributed by atoms with Crippen LogP contribution < -0.4 is 5.32 Å². The van der Waals surface area contributed by atoms with E-state index in [1.165, 1.54) is 37.3 Å². The Balaban J connectivity index is 1.60. The molecule has 2 N–H and O–H groups in total. The number of piperidine rings is 1. The van der Waals surface area contributed by atoms with Crippen LogP contribution in [-0.2, 0) is 4.79 Å². The molecule has 0 radical (unpaired) electrons. The summed E-state index contributed by atoms with van der Waals surface area (Å²) in [4.78, 5) is 26.3. The molecule has 1 saturated heterocycles. The van der Waals surface area contributed by atoms with Crippen molar-refractivity contribution in [3.63, 3.8) is 0 Å². The van der Waals surface area contributed by atoms with E-state index in [0.717, 1.165) is 29.7 Å². The first-order valence-corrected chi connectivity index (χ1v) is 9.69. The number of rotatable bonds is 4. The monoisotopic (exact) mass is 353 g/mol. The van der Waals surface area contributed by atoms with Crippen molar-refractivity contribution in [1.29, 1.82) is 0 Å². The first-order chi connectivity index (χ1) is 12.7. The second-order valence-corrected chi connectivity index (χ2v) is 7.63. The zero-order chi connectivity index (χ0) is 18.1. The maximum Gasteiger partial charge on any atom is 0.246 e. The first kappa shape index (κ1) is 17.1. The van der Waals surface area contributed by atoms with Gasteiger partial charge in [0.15, 0.2) is 0 Å². The van der Waals surface area contributed by atoms with Gasteiger partial charge in [-0.25, -0.2) is 9.97 Å². The van der Waals surface area contributed by atoms with Gasteiger partial charge >= 0.3 is 0 Å². The highest BCUT2D eigenvalue weighted by atomic mass is 16.2. The zero-order valence-electron chi connectivity index (χ0n) is 15.4. The van der Waals surface area contributed by atoms with Crippen molar-refractivity contribution in [3.05, 3.63) is 30.7 Å². The summed E-state index contributed by atoms with van der Waals surface area (Å²) in [5.41, 5.74) is 2.23. The third-order valence-electron chi connectivity index (χ3n) is 5.98. The van der Waals surface area contributed by atoms with Crippen molar-refractivity contribution in [2.45, 2.75) is 63.5 Å². The standard InChI is InChI=1S/C20H27N5O/c1-3-17(26)25-11-15(9-8-13(25)2)24-20-18-16(14-6-4-5-7-14)10-21-19(18)22-12-23-20/h3,10,12-15H,1,4-9,11H2,2H3,(H2,21,22,23,24)/t13-,15+/m0/s1. The lowest BCUT2D eigenvalue weighted by molar-refractivity contribution is -0.129. The number of carbonyl (C=O) groups excluding carboxylic acids is 1. The summed E-state index contributed by atoms with van der Waals surface area (Å²) in [7, 11) is 0. The van der Waals surface area contributed by atoms with E-state index in [4.69, 9.17) is 0 Å². The minimum absolute atomic E-state index is 0.00474. The van der Waals surface area contributed by atoms with Gasteiger partial charge in [0, 0.05) is 24.8 Å². The highest BCUT2D eigenvalue weighted by Crippen LogP contribution is 2.39. The number of carbonyl (C=O) groups is 1. The second kappa shape index (κ2) is 7.09. The molecule has 0 aromatic carbocycles. The lowest BCUT2D eigenvalue weighted by Crippen LogP contribution is -2.49. The minimum atomic E-state index is 0.00474. The topological polar surface area (TPSA) is 73.9 Å². The summed E-state index contributed by atoms with van der Waals surface area (Å²) in [5.74, 6) is 1.49. The van der Waals surface area contributed by atoms with Crippen molar-refractivity contribution in [2.75, 3.05) is 11.9 Å². The predicted octanol–water partition coefficient (Wildman–Crippen LogP) is 3.59. The molecule has 2 fully saturated rings. The Labute approximate surface area is 154 Å². The quantitative estimate of drug-likeness (QED) is 0.824. The molecule has 2 atom stereocenters. The van der Waals surface area contributed by atoms with Crippen molar-refractivity contribution >= 4 is 22.8 Å². The molecule has 2 aromatic rings. The van der Waals surface area contributed by atoms with Crippen LogP contribution in [0.25, 0.3) is 11.0 Å². The van der Waals surface area contributed by atoms with E-state index in [1.807, 2.05) is 4.90 Å². The van der Waals surface area contributed by atoms with E-state index in [0.29, 0.717) is 12.5 Å². The summed E-state index contributed by atoms with van der Waals surface area (Å²) >= 11 is 0. The molecule has 3 heterocycles. The molecular formula is C20H27N5O. The van der Waals surface area contributed by atoms with Gasteiger partial charge in [-0.15, -0.1) is 0 Å². The lowest BCUT2D eigenvalue weighted by Gasteiger charge is -2.38. The fourth-order valence-corrected chi connectivity index (χ4v) is 4.50. The van der Waals surface area contributed by atoms with Crippen LogP contribution in [-0.4, -0.2) is 44.4 Å². The van der Waals surface area contributed by atoms with Gasteiger partial charge in [0.2, 0.25) is 5.91 Å². The molecule has 1 aliphatic heterocycles. The van der Waals surface area contributed by atoms with Crippen LogP contribution in [0.3, 0.4) is 0 Å². The maximum absolute atomic E-state index is 12.1. The molecule has 1 aliphatic carbocycles. The second-order valence-electron chi connectivity index (χ2n) is 7.63. The average molecular weight is 353 g/mol. The number of aromatic amines is 1. The number of likely N-dealkylation sites (tertiary alicyclic amines) is 1. The van der Waals surface area contributed by atoms with Gasteiger partial charge in [0.25, 0.3) is 0 Å². The van der Waals surface area contributed by atoms with Crippen LogP contribution in [0, 0.1) is 0 Å². The number of aromatic nitrogens is 3. The SMILES string of the molecule is C=CC(=O)N1C[C@H](Nc2ncnc3[nH]cc(C4CCCC4)c23)CC[C@@H]1C. The number of hydrogen-bond donors (Lipinski definition) is 2. The highest BCUT2D eigenvalue weighted by Gasteiger charge is 2.29. The summed E-state index contributed by atoms with van der Waals surface area (Å²) in [5, 5.41) is 4.73. The Morgan fingerprint density at radius 2 is 2.12 bits per heavy atom.